The first kappa shape index (κ1) is 18.6. The number of ether oxygens (including phenoxy) is 3. The lowest BCUT2D eigenvalue weighted by atomic mass is 10.1. The molecule has 134 valence electrons. The summed E-state index contributed by atoms with van der Waals surface area (Å²) in [4.78, 5) is 12.2. The first-order valence-corrected chi connectivity index (χ1v) is 8.16. The Labute approximate surface area is 148 Å². The predicted molar refractivity (Wildman–Crippen MR) is 97.5 cm³/mol. The van der Waals surface area contributed by atoms with Gasteiger partial charge in [-0.2, -0.15) is 0 Å². The van der Waals surface area contributed by atoms with Crippen LogP contribution in [-0.2, 0) is 4.79 Å². The quantitative estimate of drug-likeness (QED) is 0.835. The van der Waals surface area contributed by atoms with Gasteiger partial charge in [0.25, 0.3) is 5.91 Å². The molecule has 0 saturated heterocycles. The van der Waals surface area contributed by atoms with Crippen molar-refractivity contribution in [2.75, 3.05) is 20.8 Å². The number of hydrogen-bond donors (Lipinski definition) is 1. The zero-order chi connectivity index (χ0) is 18.4. The standard InChI is InChI=1S/C20H25NO4/c1-13-7-6-8-18(14(13)2)25-12-20(22)21-15(3)17-11-16(23-4)9-10-19(17)24-5/h6-11,15H,12H2,1-5H3,(H,21,22)/t15-/m1/s1. The average molecular weight is 343 g/mol. The Kier molecular flexibility index (Phi) is 6.28. The molecule has 1 atom stereocenters. The van der Waals surface area contributed by atoms with Gasteiger partial charge >= 0.3 is 0 Å². The van der Waals surface area contributed by atoms with E-state index >= 15 is 0 Å². The fraction of sp³-hybridized carbons (Fsp3) is 0.350. The van der Waals surface area contributed by atoms with Crippen LogP contribution in [0.3, 0.4) is 0 Å². The Morgan fingerprint density at radius 1 is 1.08 bits per heavy atom. The van der Waals surface area contributed by atoms with Gasteiger partial charge in [-0.25, -0.2) is 0 Å². The molecule has 1 amide bonds. The smallest absolute Gasteiger partial charge is 0.258 e. The second-order valence-electron chi connectivity index (χ2n) is 5.88. The number of rotatable bonds is 7. The fourth-order valence-corrected chi connectivity index (χ4v) is 2.56. The molecule has 5 nitrogen and oxygen atoms in total. The van der Waals surface area contributed by atoms with Crippen LogP contribution in [0.25, 0.3) is 0 Å². The highest BCUT2D eigenvalue weighted by atomic mass is 16.5. The minimum atomic E-state index is -0.236. The van der Waals surface area contributed by atoms with Crippen molar-refractivity contribution in [3.63, 3.8) is 0 Å². The number of aryl methyl sites for hydroxylation is 1. The van der Waals surface area contributed by atoms with Crippen LogP contribution < -0.4 is 19.5 Å². The molecule has 0 aliphatic heterocycles. The molecule has 25 heavy (non-hydrogen) atoms. The molecule has 0 bridgehead atoms. The monoisotopic (exact) mass is 343 g/mol. The van der Waals surface area contributed by atoms with Gasteiger partial charge in [-0.1, -0.05) is 12.1 Å². The summed E-state index contributed by atoms with van der Waals surface area (Å²) in [7, 11) is 3.20. The summed E-state index contributed by atoms with van der Waals surface area (Å²) in [5, 5.41) is 2.93. The zero-order valence-electron chi connectivity index (χ0n) is 15.4. The van der Waals surface area contributed by atoms with E-state index in [4.69, 9.17) is 14.2 Å². The third kappa shape index (κ3) is 4.66. The molecule has 5 heteroatoms. The van der Waals surface area contributed by atoms with Crippen molar-refractivity contribution in [2.24, 2.45) is 0 Å². The molecule has 0 aliphatic carbocycles. The van der Waals surface area contributed by atoms with Crippen LogP contribution in [0.1, 0.15) is 29.7 Å². The number of methoxy groups -OCH3 is 2. The molecule has 2 rings (SSSR count). The summed E-state index contributed by atoms with van der Waals surface area (Å²) in [6.45, 7) is 5.85. The van der Waals surface area contributed by atoms with Crippen molar-refractivity contribution in [3.05, 3.63) is 53.1 Å². The Balaban J connectivity index is 2.01. The van der Waals surface area contributed by atoms with Crippen LogP contribution in [0.15, 0.2) is 36.4 Å². The Hall–Kier alpha value is -2.69. The van der Waals surface area contributed by atoms with Gasteiger partial charge in [0, 0.05) is 5.56 Å². The third-order valence-corrected chi connectivity index (χ3v) is 4.19. The summed E-state index contributed by atoms with van der Waals surface area (Å²) in [5.74, 6) is 1.94. The van der Waals surface area contributed by atoms with Gasteiger partial charge in [-0.15, -0.1) is 0 Å². The first-order chi connectivity index (χ1) is 12.0. The van der Waals surface area contributed by atoms with Gasteiger partial charge in [0.2, 0.25) is 0 Å². The molecule has 2 aromatic carbocycles. The minimum Gasteiger partial charge on any atom is -0.497 e. The summed E-state index contributed by atoms with van der Waals surface area (Å²) in [6, 6.07) is 11.1. The number of amides is 1. The maximum Gasteiger partial charge on any atom is 0.258 e. The summed E-state index contributed by atoms with van der Waals surface area (Å²) >= 11 is 0. The highest BCUT2D eigenvalue weighted by Gasteiger charge is 2.16. The van der Waals surface area contributed by atoms with Gasteiger partial charge in [0.1, 0.15) is 17.2 Å². The molecule has 0 aliphatic rings. The van der Waals surface area contributed by atoms with Gasteiger partial charge in [-0.05, 0) is 56.2 Å². The lowest BCUT2D eigenvalue weighted by Crippen LogP contribution is -2.31. The number of nitrogens with one attached hydrogen (secondary N) is 1. The van der Waals surface area contributed by atoms with Gasteiger partial charge in [0.15, 0.2) is 6.61 Å². The predicted octanol–water partition coefficient (Wildman–Crippen LogP) is 3.58. The van der Waals surface area contributed by atoms with Crippen LogP contribution in [-0.4, -0.2) is 26.7 Å². The number of carbonyl (C=O) groups is 1. The van der Waals surface area contributed by atoms with E-state index in [1.165, 1.54) is 0 Å². The van der Waals surface area contributed by atoms with E-state index in [9.17, 15) is 4.79 Å². The first-order valence-electron chi connectivity index (χ1n) is 8.16. The summed E-state index contributed by atoms with van der Waals surface area (Å²) < 4.78 is 16.3. The van der Waals surface area contributed by atoms with E-state index in [0.717, 1.165) is 22.4 Å². The Bertz CT molecular complexity index is 742. The summed E-state index contributed by atoms with van der Waals surface area (Å²) in [5.41, 5.74) is 3.02. The van der Waals surface area contributed by atoms with E-state index in [1.807, 2.05) is 57.2 Å². The minimum absolute atomic E-state index is 0.0408. The Morgan fingerprint density at radius 2 is 1.84 bits per heavy atom. The highest BCUT2D eigenvalue weighted by molar-refractivity contribution is 5.78. The van der Waals surface area contributed by atoms with Crippen molar-refractivity contribution < 1.29 is 19.0 Å². The Morgan fingerprint density at radius 3 is 2.52 bits per heavy atom. The van der Waals surface area contributed by atoms with Crippen molar-refractivity contribution in [1.82, 2.24) is 5.32 Å². The SMILES string of the molecule is COc1ccc(OC)c([C@@H](C)NC(=O)COc2cccc(C)c2C)c1. The highest BCUT2D eigenvalue weighted by Crippen LogP contribution is 2.29. The van der Waals surface area contributed by atoms with Crippen LogP contribution in [0.5, 0.6) is 17.2 Å². The number of benzene rings is 2. The van der Waals surface area contributed by atoms with E-state index < -0.39 is 0 Å². The maximum atomic E-state index is 12.2. The van der Waals surface area contributed by atoms with E-state index in [1.54, 1.807) is 14.2 Å². The molecule has 1 N–H and O–H groups in total. The normalized spacial score (nSPS) is 11.6. The second kappa shape index (κ2) is 8.42. The van der Waals surface area contributed by atoms with Gasteiger partial charge in [-0.3, -0.25) is 4.79 Å². The van der Waals surface area contributed by atoms with Crippen molar-refractivity contribution in [3.8, 4) is 17.2 Å². The number of hydrogen-bond acceptors (Lipinski definition) is 4. The molecule has 0 unspecified atom stereocenters. The maximum absolute atomic E-state index is 12.2. The van der Waals surface area contributed by atoms with Crippen LogP contribution >= 0.6 is 0 Å². The third-order valence-electron chi connectivity index (χ3n) is 4.19. The molecule has 2 aromatic rings. The average Bonchev–Trinajstić information content (AvgIpc) is 2.62. The van der Waals surface area contributed by atoms with E-state index in [0.29, 0.717) is 11.5 Å². The fourth-order valence-electron chi connectivity index (χ4n) is 2.56. The molecule has 0 fully saturated rings. The zero-order valence-corrected chi connectivity index (χ0v) is 15.4. The molecular formula is C20H25NO4. The molecule has 0 heterocycles. The molecular weight excluding hydrogens is 318 g/mol. The topological polar surface area (TPSA) is 56.8 Å². The van der Waals surface area contributed by atoms with Crippen molar-refractivity contribution in [2.45, 2.75) is 26.8 Å². The molecule has 0 saturated carbocycles. The van der Waals surface area contributed by atoms with E-state index in [2.05, 4.69) is 5.32 Å². The molecule has 0 radical (unpaired) electrons. The van der Waals surface area contributed by atoms with Crippen LogP contribution in [0.4, 0.5) is 0 Å². The molecule has 0 spiro atoms. The second-order valence-corrected chi connectivity index (χ2v) is 5.88. The van der Waals surface area contributed by atoms with Crippen LogP contribution in [0.2, 0.25) is 0 Å². The van der Waals surface area contributed by atoms with Gasteiger partial charge < -0.3 is 19.5 Å². The van der Waals surface area contributed by atoms with Crippen molar-refractivity contribution >= 4 is 5.91 Å². The lowest BCUT2D eigenvalue weighted by Gasteiger charge is -2.18. The largest absolute Gasteiger partial charge is 0.497 e. The summed E-state index contributed by atoms with van der Waals surface area (Å²) in [6.07, 6.45) is 0. The number of carbonyl (C=O) groups excluding carboxylic acids is 1. The van der Waals surface area contributed by atoms with Crippen LogP contribution in [0, 0.1) is 13.8 Å². The van der Waals surface area contributed by atoms with E-state index in [-0.39, 0.29) is 18.6 Å². The van der Waals surface area contributed by atoms with Gasteiger partial charge in [0.05, 0.1) is 20.3 Å². The van der Waals surface area contributed by atoms with Crippen molar-refractivity contribution in [1.29, 1.82) is 0 Å². The molecule has 0 aromatic heterocycles. The lowest BCUT2D eigenvalue weighted by molar-refractivity contribution is -0.123.